The number of fused-ring (bicyclic) bond motifs is 1. The Morgan fingerprint density at radius 1 is 1.08 bits per heavy atom. The summed E-state index contributed by atoms with van der Waals surface area (Å²) in [5, 5.41) is 19.7. The Bertz CT molecular complexity index is 1480. The Kier molecular flexibility index (Phi) is 8.40. The first kappa shape index (κ1) is 28.3. The summed E-state index contributed by atoms with van der Waals surface area (Å²) in [5.41, 5.74) is 4.09. The second-order valence-electron chi connectivity index (χ2n) is 10.1. The lowest BCUT2D eigenvalue weighted by Crippen LogP contribution is -2.36. The van der Waals surface area contributed by atoms with Crippen LogP contribution in [0.1, 0.15) is 66.0 Å². The molecule has 1 aliphatic rings. The van der Waals surface area contributed by atoms with Crippen LogP contribution in [-0.4, -0.2) is 55.3 Å². The van der Waals surface area contributed by atoms with E-state index in [0.717, 1.165) is 16.7 Å². The fourth-order valence-corrected chi connectivity index (χ4v) is 6.00. The predicted molar refractivity (Wildman–Crippen MR) is 150 cm³/mol. The lowest BCUT2D eigenvalue weighted by molar-refractivity contribution is 0.0690. The van der Waals surface area contributed by atoms with E-state index in [1.165, 1.54) is 0 Å². The van der Waals surface area contributed by atoms with Crippen molar-refractivity contribution in [2.24, 2.45) is 0 Å². The first-order chi connectivity index (χ1) is 18.6. The van der Waals surface area contributed by atoms with E-state index in [2.05, 4.69) is 16.8 Å². The van der Waals surface area contributed by atoms with Gasteiger partial charge in [-0.3, -0.25) is 0 Å². The second kappa shape index (κ2) is 11.6. The summed E-state index contributed by atoms with van der Waals surface area (Å²) in [6, 6.07) is 14.0. The average molecular weight is 549 g/mol. The summed E-state index contributed by atoms with van der Waals surface area (Å²) in [6.07, 6.45) is 0.342. The zero-order valence-electron chi connectivity index (χ0n) is 22.6. The molecule has 3 aromatic rings. The van der Waals surface area contributed by atoms with Crippen LogP contribution in [0.25, 0.3) is 11.3 Å². The van der Waals surface area contributed by atoms with Crippen LogP contribution in [0.3, 0.4) is 0 Å². The number of aliphatic hydroxyl groups excluding tert-OH is 1. The molecule has 1 aromatic heterocycles. The number of hydrogen-bond acceptors (Lipinski definition) is 6. The van der Waals surface area contributed by atoms with Crippen LogP contribution in [0.2, 0.25) is 0 Å². The molecule has 0 fully saturated rings. The second-order valence-corrected chi connectivity index (χ2v) is 12.3. The third-order valence-electron chi connectivity index (χ3n) is 6.38. The molecular formula is C30H32N2O6S. The van der Waals surface area contributed by atoms with E-state index in [1.807, 2.05) is 55.4 Å². The van der Waals surface area contributed by atoms with Gasteiger partial charge >= 0.3 is 5.97 Å². The van der Waals surface area contributed by atoms with Crippen LogP contribution in [-0.2, 0) is 17.5 Å². The number of pyridine rings is 1. The number of aromatic carboxylic acids is 1. The number of carboxylic acid groups (broad SMARTS) is 1. The van der Waals surface area contributed by atoms with E-state index in [-0.39, 0.29) is 18.3 Å². The van der Waals surface area contributed by atoms with Crippen molar-refractivity contribution in [3.05, 3.63) is 76.5 Å². The quantitative estimate of drug-likeness (QED) is 0.417. The van der Waals surface area contributed by atoms with E-state index >= 15 is 0 Å². The van der Waals surface area contributed by atoms with Gasteiger partial charge in [0.1, 0.15) is 16.7 Å². The van der Waals surface area contributed by atoms with Crippen molar-refractivity contribution in [1.29, 1.82) is 0 Å². The highest BCUT2D eigenvalue weighted by molar-refractivity contribution is 7.84. The van der Waals surface area contributed by atoms with Crippen molar-refractivity contribution >= 4 is 17.0 Å². The number of methoxy groups -OCH3 is 2. The summed E-state index contributed by atoms with van der Waals surface area (Å²) in [7, 11) is 1.76. The summed E-state index contributed by atoms with van der Waals surface area (Å²) >= 11 is 0. The normalized spacial score (nSPS) is 15.7. The molecule has 9 heteroatoms. The highest BCUT2D eigenvalue weighted by Crippen LogP contribution is 2.44. The molecule has 0 aliphatic carbocycles. The molecule has 8 nitrogen and oxygen atoms in total. The van der Waals surface area contributed by atoms with Crippen LogP contribution in [0.4, 0.5) is 0 Å². The SMILES string of the molecule is COc1ccc(C#Cc2cccc(-c3nc(C(=O)O)cc4c3[C@H](CCO)N(S(=O)C(C)(C)C)C4)c2)cc1OC. The maximum Gasteiger partial charge on any atom is 0.354 e. The van der Waals surface area contributed by atoms with E-state index in [9.17, 15) is 19.2 Å². The van der Waals surface area contributed by atoms with E-state index in [1.54, 1.807) is 32.4 Å². The average Bonchev–Trinajstić information content (AvgIpc) is 3.28. The van der Waals surface area contributed by atoms with Gasteiger partial charge in [-0.25, -0.2) is 18.3 Å². The van der Waals surface area contributed by atoms with Crippen LogP contribution in [0.5, 0.6) is 11.5 Å². The third kappa shape index (κ3) is 5.98. The predicted octanol–water partition coefficient (Wildman–Crippen LogP) is 4.57. The largest absolute Gasteiger partial charge is 0.493 e. The van der Waals surface area contributed by atoms with E-state index in [0.29, 0.717) is 41.3 Å². The van der Waals surface area contributed by atoms with Crippen molar-refractivity contribution in [1.82, 2.24) is 9.29 Å². The van der Waals surface area contributed by atoms with Crippen molar-refractivity contribution in [3.63, 3.8) is 0 Å². The molecule has 2 atom stereocenters. The minimum Gasteiger partial charge on any atom is -0.493 e. The molecule has 2 aromatic carbocycles. The van der Waals surface area contributed by atoms with Gasteiger partial charge in [0, 0.05) is 35.4 Å². The minimum absolute atomic E-state index is 0.0864. The van der Waals surface area contributed by atoms with Crippen LogP contribution in [0.15, 0.2) is 48.5 Å². The molecule has 0 bridgehead atoms. The molecule has 1 aliphatic heterocycles. The number of hydrogen-bond donors (Lipinski definition) is 2. The van der Waals surface area contributed by atoms with Gasteiger partial charge in [0.15, 0.2) is 11.5 Å². The monoisotopic (exact) mass is 548 g/mol. The van der Waals surface area contributed by atoms with Crippen molar-refractivity contribution < 1.29 is 28.7 Å². The van der Waals surface area contributed by atoms with Gasteiger partial charge in [0.2, 0.25) is 0 Å². The zero-order chi connectivity index (χ0) is 28.3. The Hall–Kier alpha value is -3.71. The fraction of sp³-hybridized carbons (Fsp3) is 0.333. The maximum absolute atomic E-state index is 13.4. The van der Waals surface area contributed by atoms with Gasteiger partial charge in [-0.15, -0.1) is 0 Å². The fourth-order valence-electron chi connectivity index (χ4n) is 4.60. The molecule has 1 unspecified atom stereocenters. The smallest absolute Gasteiger partial charge is 0.354 e. The highest BCUT2D eigenvalue weighted by Gasteiger charge is 2.40. The van der Waals surface area contributed by atoms with Crippen LogP contribution < -0.4 is 9.47 Å². The Morgan fingerprint density at radius 3 is 2.38 bits per heavy atom. The number of nitrogens with zero attached hydrogens (tertiary/aromatic N) is 2. The molecule has 0 spiro atoms. The van der Waals surface area contributed by atoms with Crippen molar-refractivity contribution in [3.8, 4) is 34.6 Å². The third-order valence-corrected chi connectivity index (χ3v) is 8.24. The summed E-state index contributed by atoms with van der Waals surface area (Å²) in [5.74, 6) is 6.34. The van der Waals surface area contributed by atoms with Crippen LogP contribution in [0, 0.1) is 11.8 Å². The highest BCUT2D eigenvalue weighted by atomic mass is 32.2. The Balaban J connectivity index is 1.80. The number of carboxylic acids is 1. The molecule has 4 rings (SSSR count). The summed E-state index contributed by atoms with van der Waals surface area (Å²) < 4.78 is 25.4. The Morgan fingerprint density at radius 2 is 1.77 bits per heavy atom. The molecule has 39 heavy (non-hydrogen) atoms. The number of ether oxygens (including phenoxy) is 2. The maximum atomic E-state index is 13.4. The van der Waals surface area contributed by atoms with Gasteiger partial charge in [-0.1, -0.05) is 24.0 Å². The summed E-state index contributed by atoms with van der Waals surface area (Å²) in [6.45, 7) is 5.87. The van der Waals surface area contributed by atoms with E-state index in [4.69, 9.17) is 9.47 Å². The number of aliphatic hydroxyl groups is 1. The van der Waals surface area contributed by atoms with Crippen molar-refractivity contribution in [2.75, 3.05) is 20.8 Å². The Labute approximate surface area is 231 Å². The standard InChI is InChI=1S/C30H32N2O6S/c1-30(2,3)39(36)32-18-22-17-23(29(34)35)31-28(27(22)24(32)13-14-33)21-8-6-7-19(15-21)9-10-20-11-12-25(37-4)26(16-20)38-5/h6-8,11-12,15-17,24,33H,13-14,18H2,1-5H3,(H,34,35)/t24-,39?/m0/s1. The zero-order valence-corrected chi connectivity index (χ0v) is 23.5. The molecule has 204 valence electrons. The topological polar surface area (TPSA) is 109 Å². The van der Waals surface area contributed by atoms with Gasteiger partial charge in [0.05, 0.1) is 30.7 Å². The molecule has 2 N–H and O–H groups in total. The molecule has 2 heterocycles. The number of rotatable bonds is 7. The lowest BCUT2D eigenvalue weighted by atomic mass is 9.95. The number of aromatic nitrogens is 1. The van der Waals surface area contributed by atoms with Gasteiger partial charge in [-0.2, -0.15) is 0 Å². The summed E-state index contributed by atoms with van der Waals surface area (Å²) in [4.78, 5) is 16.5. The molecular weight excluding hydrogens is 516 g/mol. The van der Waals surface area contributed by atoms with E-state index < -0.39 is 21.7 Å². The minimum atomic E-state index is -1.38. The first-order valence-corrected chi connectivity index (χ1v) is 13.6. The molecule has 0 saturated heterocycles. The molecule has 0 radical (unpaired) electrons. The van der Waals surface area contributed by atoms with Gasteiger partial charge in [-0.05, 0) is 69.2 Å². The lowest BCUT2D eigenvalue weighted by Gasteiger charge is -2.30. The molecule has 0 saturated carbocycles. The van der Waals surface area contributed by atoms with Gasteiger partial charge in [0.25, 0.3) is 0 Å². The van der Waals surface area contributed by atoms with Crippen LogP contribution >= 0.6 is 0 Å². The molecule has 0 amide bonds. The number of benzene rings is 2. The van der Waals surface area contributed by atoms with Gasteiger partial charge < -0.3 is 19.7 Å². The first-order valence-electron chi connectivity index (χ1n) is 12.5. The number of carbonyl (C=O) groups is 1. The van der Waals surface area contributed by atoms with Crippen molar-refractivity contribution in [2.45, 2.75) is 44.5 Å².